The summed E-state index contributed by atoms with van der Waals surface area (Å²) in [5.74, 6) is 1.51. The maximum absolute atomic E-state index is 5.43. The predicted molar refractivity (Wildman–Crippen MR) is 103 cm³/mol. The van der Waals surface area contributed by atoms with Crippen LogP contribution in [0.15, 0.2) is 59.0 Å². The maximum Gasteiger partial charge on any atom is 0.203 e. The molecule has 25 heavy (non-hydrogen) atoms. The highest BCUT2D eigenvalue weighted by molar-refractivity contribution is 7.14. The van der Waals surface area contributed by atoms with Gasteiger partial charge in [-0.1, -0.05) is 30.3 Å². The Labute approximate surface area is 151 Å². The molecule has 0 aliphatic rings. The predicted octanol–water partition coefficient (Wildman–Crippen LogP) is 4.66. The molecule has 3 rings (SSSR count). The van der Waals surface area contributed by atoms with Gasteiger partial charge in [-0.3, -0.25) is 5.43 Å². The number of benzene rings is 2. The molecule has 0 spiro atoms. The van der Waals surface area contributed by atoms with Crippen molar-refractivity contribution < 1.29 is 9.47 Å². The van der Waals surface area contributed by atoms with Gasteiger partial charge in [0.2, 0.25) is 5.13 Å². The number of rotatable bonds is 6. The second kappa shape index (κ2) is 7.81. The van der Waals surface area contributed by atoms with Crippen LogP contribution in [-0.4, -0.2) is 24.9 Å². The minimum absolute atomic E-state index is 0.718. The van der Waals surface area contributed by atoms with Crippen LogP contribution in [0.1, 0.15) is 12.5 Å². The summed E-state index contributed by atoms with van der Waals surface area (Å²) in [4.78, 5) is 4.59. The van der Waals surface area contributed by atoms with Crippen molar-refractivity contribution >= 4 is 22.2 Å². The summed E-state index contributed by atoms with van der Waals surface area (Å²) in [5.41, 5.74) is 6.69. The first-order valence-corrected chi connectivity index (χ1v) is 8.63. The molecule has 1 heterocycles. The highest BCUT2D eigenvalue weighted by Crippen LogP contribution is 2.35. The number of nitrogens with one attached hydrogen (secondary N) is 1. The molecule has 1 aromatic heterocycles. The van der Waals surface area contributed by atoms with E-state index in [2.05, 4.69) is 15.5 Å². The van der Waals surface area contributed by atoms with Gasteiger partial charge in [-0.2, -0.15) is 5.10 Å². The third kappa shape index (κ3) is 3.97. The molecule has 0 atom stereocenters. The molecule has 128 valence electrons. The van der Waals surface area contributed by atoms with Gasteiger partial charge in [-0.05, 0) is 30.7 Å². The molecular weight excluding hydrogens is 334 g/mol. The number of ether oxygens (including phenoxy) is 2. The Kier molecular flexibility index (Phi) is 5.30. The van der Waals surface area contributed by atoms with Gasteiger partial charge in [0.1, 0.15) is 11.5 Å². The lowest BCUT2D eigenvalue weighted by Gasteiger charge is -2.08. The van der Waals surface area contributed by atoms with Gasteiger partial charge in [0.25, 0.3) is 0 Å². The number of nitrogens with zero attached hydrogens (tertiary/aromatic N) is 2. The first-order chi connectivity index (χ1) is 12.2. The van der Waals surface area contributed by atoms with Crippen molar-refractivity contribution in [3.05, 3.63) is 59.5 Å². The van der Waals surface area contributed by atoms with Crippen molar-refractivity contribution in [2.45, 2.75) is 6.92 Å². The number of anilines is 1. The summed E-state index contributed by atoms with van der Waals surface area (Å²) in [6.07, 6.45) is 0. The molecule has 5 nitrogen and oxygen atoms in total. The molecule has 0 saturated carbocycles. The standard InChI is InChI=1S/C19H19N3O2S/c1-13(14-7-5-4-6-8-14)21-22-19-20-17(12-25-19)16-11-15(23-2)9-10-18(16)24-3/h4-12H,1-3H3,(H,20,22)/b21-13-. The van der Waals surface area contributed by atoms with E-state index >= 15 is 0 Å². The highest BCUT2D eigenvalue weighted by atomic mass is 32.1. The molecule has 3 aromatic rings. The van der Waals surface area contributed by atoms with E-state index in [4.69, 9.17) is 9.47 Å². The van der Waals surface area contributed by atoms with E-state index in [0.717, 1.165) is 39.2 Å². The fourth-order valence-corrected chi connectivity index (χ4v) is 2.99. The molecular formula is C19H19N3O2S. The quantitative estimate of drug-likeness (QED) is 0.517. The maximum atomic E-state index is 5.43. The Balaban J connectivity index is 1.81. The van der Waals surface area contributed by atoms with Gasteiger partial charge in [-0.25, -0.2) is 4.98 Å². The van der Waals surface area contributed by atoms with Crippen LogP contribution in [-0.2, 0) is 0 Å². The van der Waals surface area contributed by atoms with E-state index in [9.17, 15) is 0 Å². The Morgan fingerprint density at radius 2 is 1.88 bits per heavy atom. The van der Waals surface area contributed by atoms with Gasteiger partial charge < -0.3 is 9.47 Å². The van der Waals surface area contributed by atoms with E-state index in [1.807, 2.05) is 60.8 Å². The summed E-state index contributed by atoms with van der Waals surface area (Å²) in [7, 11) is 3.28. The molecule has 0 unspecified atom stereocenters. The lowest BCUT2D eigenvalue weighted by molar-refractivity contribution is 0.404. The number of hydrogen-bond acceptors (Lipinski definition) is 6. The second-order valence-electron chi connectivity index (χ2n) is 5.28. The van der Waals surface area contributed by atoms with E-state index in [1.54, 1.807) is 14.2 Å². The van der Waals surface area contributed by atoms with Crippen molar-refractivity contribution in [1.82, 2.24) is 4.98 Å². The lowest BCUT2D eigenvalue weighted by Crippen LogP contribution is -1.99. The van der Waals surface area contributed by atoms with Crippen LogP contribution in [0.3, 0.4) is 0 Å². The smallest absolute Gasteiger partial charge is 0.203 e. The number of aromatic nitrogens is 1. The third-order valence-electron chi connectivity index (χ3n) is 3.70. The first kappa shape index (κ1) is 17.0. The summed E-state index contributed by atoms with van der Waals surface area (Å²) in [6, 6.07) is 15.7. The van der Waals surface area contributed by atoms with Crippen LogP contribution in [0, 0.1) is 0 Å². The molecule has 0 radical (unpaired) electrons. The first-order valence-electron chi connectivity index (χ1n) is 7.75. The van der Waals surface area contributed by atoms with Crippen molar-refractivity contribution in [1.29, 1.82) is 0 Å². The molecule has 0 saturated heterocycles. The molecule has 0 amide bonds. The zero-order chi connectivity index (χ0) is 17.6. The zero-order valence-electron chi connectivity index (χ0n) is 14.3. The van der Waals surface area contributed by atoms with E-state index < -0.39 is 0 Å². The normalized spacial score (nSPS) is 11.2. The van der Waals surface area contributed by atoms with Gasteiger partial charge in [0, 0.05) is 10.9 Å². The van der Waals surface area contributed by atoms with Crippen LogP contribution in [0.4, 0.5) is 5.13 Å². The largest absolute Gasteiger partial charge is 0.497 e. The molecule has 6 heteroatoms. The average Bonchev–Trinajstić information content (AvgIpc) is 3.15. The molecule has 2 aromatic carbocycles. The summed E-state index contributed by atoms with van der Waals surface area (Å²) in [6.45, 7) is 1.96. The summed E-state index contributed by atoms with van der Waals surface area (Å²) in [5, 5.41) is 7.09. The minimum Gasteiger partial charge on any atom is -0.497 e. The Hall–Kier alpha value is -2.86. The van der Waals surface area contributed by atoms with Gasteiger partial charge in [0.15, 0.2) is 0 Å². The van der Waals surface area contributed by atoms with Gasteiger partial charge >= 0.3 is 0 Å². The molecule has 0 aliphatic heterocycles. The minimum atomic E-state index is 0.718. The number of methoxy groups -OCH3 is 2. The van der Waals surface area contributed by atoms with Gasteiger partial charge in [-0.15, -0.1) is 11.3 Å². The fourth-order valence-electron chi connectivity index (χ4n) is 2.34. The topological polar surface area (TPSA) is 55.7 Å². The third-order valence-corrected chi connectivity index (χ3v) is 4.44. The fraction of sp³-hybridized carbons (Fsp3) is 0.158. The van der Waals surface area contributed by atoms with Crippen LogP contribution in [0.5, 0.6) is 11.5 Å². The summed E-state index contributed by atoms with van der Waals surface area (Å²) >= 11 is 1.49. The Morgan fingerprint density at radius 3 is 2.60 bits per heavy atom. The van der Waals surface area contributed by atoms with E-state index in [1.165, 1.54) is 11.3 Å². The van der Waals surface area contributed by atoms with E-state index in [0.29, 0.717) is 0 Å². The van der Waals surface area contributed by atoms with Crippen molar-refractivity contribution in [3.63, 3.8) is 0 Å². The Morgan fingerprint density at radius 1 is 1.08 bits per heavy atom. The second-order valence-corrected chi connectivity index (χ2v) is 6.14. The molecule has 1 N–H and O–H groups in total. The van der Waals surface area contributed by atoms with Crippen LogP contribution < -0.4 is 14.9 Å². The lowest BCUT2D eigenvalue weighted by atomic mass is 10.1. The molecule has 0 fully saturated rings. The van der Waals surface area contributed by atoms with E-state index in [-0.39, 0.29) is 0 Å². The number of hydrogen-bond donors (Lipinski definition) is 1. The zero-order valence-corrected chi connectivity index (χ0v) is 15.1. The SMILES string of the molecule is COc1ccc(OC)c(-c2csc(N/N=C(/C)c3ccccc3)n2)c1. The average molecular weight is 353 g/mol. The number of hydrazone groups is 1. The van der Waals surface area contributed by atoms with Crippen molar-refractivity contribution in [2.24, 2.45) is 5.10 Å². The molecule has 0 aliphatic carbocycles. The highest BCUT2D eigenvalue weighted by Gasteiger charge is 2.11. The van der Waals surface area contributed by atoms with Gasteiger partial charge in [0.05, 0.1) is 25.6 Å². The molecule has 0 bridgehead atoms. The van der Waals surface area contributed by atoms with Crippen molar-refractivity contribution in [2.75, 3.05) is 19.6 Å². The Bertz CT molecular complexity index is 875. The van der Waals surface area contributed by atoms with Crippen LogP contribution >= 0.6 is 11.3 Å². The monoisotopic (exact) mass is 353 g/mol. The number of thiazole rings is 1. The van der Waals surface area contributed by atoms with Crippen LogP contribution in [0.25, 0.3) is 11.3 Å². The van der Waals surface area contributed by atoms with Crippen LogP contribution in [0.2, 0.25) is 0 Å². The summed E-state index contributed by atoms with van der Waals surface area (Å²) < 4.78 is 10.7. The van der Waals surface area contributed by atoms with Crippen molar-refractivity contribution in [3.8, 4) is 22.8 Å².